The minimum atomic E-state index is -6.82. The lowest BCUT2D eigenvalue weighted by Crippen LogP contribution is -2.66. The number of hydrogen-bond donors (Lipinski definition) is 0. The first-order valence-electron chi connectivity index (χ1n) is 3.60. The van der Waals surface area contributed by atoms with E-state index in [0.29, 0.717) is 0 Å². The molecule has 0 fully saturated rings. The SMILES string of the molecule is COC(F)(C(F)(F)C(F)F)C(F)(F)C(F)(F)F. The topological polar surface area (TPSA) is 9.23 Å². The molecule has 0 spiro atoms. The predicted octanol–water partition coefficient (Wildman–Crippen LogP) is 3.40. The van der Waals surface area contributed by atoms with E-state index in [1.165, 1.54) is 0 Å². The van der Waals surface area contributed by atoms with Crippen LogP contribution in [0.5, 0.6) is 0 Å². The molecule has 0 rings (SSSR count). The minimum absolute atomic E-state index is 0.310. The van der Waals surface area contributed by atoms with Crippen LogP contribution in [0.2, 0.25) is 0 Å². The molecular weight excluding hydrogens is 278 g/mol. The summed E-state index contributed by atoms with van der Waals surface area (Å²) in [5.74, 6) is -19.4. The monoisotopic (exact) mass is 282 g/mol. The average molecular weight is 282 g/mol. The Morgan fingerprint density at radius 1 is 0.824 bits per heavy atom. The minimum Gasteiger partial charge on any atom is -0.339 e. The molecule has 0 saturated carbocycles. The predicted molar refractivity (Wildman–Crippen MR) is 32.8 cm³/mol. The quantitative estimate of drug-likeness (QED) is 0.718. The molecule has 1 nitrogen and oxygen atoms in total. The summed E-state index contributed by atoms with van der Waals surface area (Å²) < 4.78 is 123. The Hall–Kier alpha value is -0.740. The van der Waals surface area contributed by atoms with Crippen LogP contribution in [0.1, 0.15) is 0 Å². The maximum atomic E-state index is 12.9. The van der Waals surface area contributed by atoms with Crippen LogP contribution in [-0.4, -0.2) is 37.4 Å². The van der Waals surface area contributed by atoms with E-state index < -0.39 is 30.3 Å². The molecule has 11 heteroatoms. The van der Waals surface area contributed by atoms with Gasteiger partial charge in [0, 0.05) is 7.11 Å². The Bertz CT molecular complexity index is 270. The number of alkyl halides is 10. The molecule has 1 atom stereocenters. The molecule has 0 radical (unpaired) electrons. The highest BCUT2D eigenvalue weighted by Gasteiger charge is 2.83. The van der Waals surface area contributed by atoms with E-state index in [-0.39, 0.29) is 7.11 Å². The van der Waals surface area contributed by atoms with Gasteiger partial charge >= 0.3 is 30.3 Å². The molecule has 0 aliphatic heterocycles. The lowest BCUT2D eigenvalue weighted by atomic mass is 10.0. The summed E-state index contributed by atoms with van der Waals surface area (Å²) in [6, 6.07) is 0. The molecule has 0 amide bonds. The fraction of sp³-hybridized carbons (Fsp3) is 1.00. The fourth-order valence-corrected chi connectivity index (χ4v) is 0.796. The van der Waals surface area contributed by atoms with E-state index in [1.54, 1.807) is 0 Å². The van der Waals surface area contributed by atoms with Crippen molar-refractivity contribution in [3.63, 3.8) is 0 Å². The van der Waals surface area contributed by atoms with Crippen LogP contribution in [0.25, 0.3) is 0 Å². The van der Waals surface area contributed by atoms with Gasteiger partial charge < -0.3 is 4.74 Å². The van der Waals surface area contributed by atoms with Crippen LogP contribution in [0, 0.1) is 0 Å². The van der Waals surface area contributed by atoms with Gasteiger partial charge in [-0.1, -0.05) is 0 Å². The summed E-state index contributed by atoms with van der Waals surface area (Å²) in [6.45, 7) is 0. The van der Waals surface area contributed by atoms with Crippen LogP contribution in [-0.2, 0) is 4.74 Å². The summed E-state index contributed by atoms with van der Waals surface area (Å²) in [4.78, 5) is 0. The largest absolute Gasteiger partial charge is 0.459 e. The molecule has 0 heterocycles. The molecule has 0 aromatic heterocycles. The second kappa shape index (κ2) is 4.18. The smallest absolute Gasteiger partial charge is 0.339 e. The van der Waals surface area contributed by atoms with Crippen molar-refractivity contribution >= 4 is 0 Å². The van der Waals surface area contributed by atoms with Crippen molar-refractivity contribution in [2.75, 3.05) is 7.11 Å². The van der Waals surface area contributed by atoms with Crippen LogP contribution < -0.4 is 0 Å². The maximum absolute atomic E-state index is 12.9. The molecule has 17 heavy (non-hydrogen) atoms. The standard InChI is InChI=1S/C6H4F10O/c1-17-5(13,3(9,10)2(7)8)4(11,12)6(14,15)16/h2H,1H3. The first-order valence-corrected chi connectivity index (χ1v) is 3.60. The summed E-state index contributed by atoms with van der Waals surface area (Å²) in [5, 5.41) is 0. The molecule has 0 aromatic carbocycles. The average Bonchev–Trinajstić information content (AvgIpc) is 2.13. The Labute approximate surface area is 87.3 Å². The highest BCUT2D eigenvalue weighted by molar-refractivity contribution is 5.02. The lowest BCUT2D eigenvalue weighted by Gasteiger charge is -2.37. The van der Waals surface area contributed by atoms with E-state index in [2.05, 4.69) is 4.74 Å². The van der Waals surface area contributed by atoms with E-state index in [9.17, 15) is 43.9 Å². The second-order valence-corrected chi connectivity index (χ2v) is 2.80. The lowest BCUT2D eigenvalue weighted by molar-refractivity contribution is -0.435. The number of methoxy groups -OCH3 is 1. The van der Waals surface area contributed by atoms with Gasteiger partial charge in [0.2, 0.25) is 0 Å². The number of rotatable bonds is 4. The van der Waals surface area contributed by atoms with Gasteiger partial charge in [0.15, 0.2) is 0 Å². The number of halogens is 10. The highest BCUT2D eigenvalue weighted by atomic mass is 19.4. The molecule has 1 unspecified atom stereocenters. The highest BCUT2D eigenvalue weighted by Crippen LogP contribution is 2.54. The zero-order chi connectivity index (χ0) is 14.3. The van der Waals surface area contributed by atoms with Crippen LogP contribution in [0.15, 0.2) is 0 Å². The molecule has 0 bridgehead atoms. The maximum Gasteiger partial charge on any atom is 0.459 e. The van der Waals surface area contributed by atoms with Crippen molar-refractivity contribution < 1.29 is 48.6 Å². The Kier molecular flexibility index (Phi) is 3.99. The van der Waals surface area contributed by atoms with Gasteiger partial charge in [-0.25, -0.2) is 8.78 Å². The van der Waals surface area contributed by atoms with Crippen LogP contribution >= 0.6 is 0 Å². The zero-order valence-corrected chi connectivity index (χ0v) is 7.77. The fourth-order valence-electron chi connectivity index (χ4n) is 0.796. The molecule has 0 aromatic rings. The van der Waals surface area contributed by atoms with Gasteiger partial charge in [0.25, 0.3) is 0 Å². The van der Waals surface area contributed by atoms with Crippen molar-refractivity contribution in [2.24, 2.45) is 0 Å². The molecule has 0 saturated heterocycles. The molecular formula is C6H4F10O. The van der Waals surface area contributed by atoms with Gasteiger partial charge in [0.05, 0.1) is 0 Å². The van der Waals surface area contributed by atoms with Gasteiger partial charge in [-0.2, -0.15) is 35.1 Å². The number of ether oxygens (including phenoxy) is 1. The van der Waals surface area contributed by atoms with E-state index in [1.807, 2.05) is 0 Å². The van der Waals surface area contributed by atoms with Gasteiger partial charge in [-0.3, -0.25) is 0 Å². The van der Waals surface area contributed by atoms with Gasteiger partial charge in [-0.15, -0.1) is 0 Å². The second-order valence-electron chi connectivity index (χ2n) is 2.80. The van der Waals surface area contributed by atoms with Crippen molar-refractivity contribution in [3.8, 4) is 0 Å². The Morgan fingerprint density at radius 3 is 1.35 bits per heavy atom. The summed E-state index contributed by atoms with van der Waals surface area (Å²) in [6.07, 6.45) is -11.9. The van der Waals surface area contributed by atoms with Crippen LogP contribution in [0.4, 0.5) is 43.9 Å². The molecule has 0 aliphatic rings. The zero-order valence-electron chi connectivity index (χ0n) is 7.77. The van der Waals surface area contributed by atoms with Crippen molar-refractivity contribution in [3.05, 3.63) is 0 Å². The Balaban J connectivity index is 5.75. The molecule has 104 valence electrons. The Morgan fingerprint density at radius 2 is 1.18 bits per heavy atom. The van der Waals surface area contributed by atoms with Crippen molar-refractivity contribution in [2.45, 2.75) is 30.3 Å². The number of hydrogen-bond acceptors (Lipinski definition) is 1. The third kappa shape index (κ3) is 2.16. The molecule has 0 N–H and O–H groups in total. The molecule has 0 aliphatic carbocycles. The van der Waals surface area contributed by atoms with Crippen molar-refractivity contribution in [1.82, 2.24) is 0 Å². The van der Waals surface area contributed by atoms with Gasteiger partial charge in [-0.05, 0) is 0 Å². The van der Waals surface area contributed by atoms with E-state index >= 15 is 0 Å². The summed E-state index contributed by atoms with van der Waals surface area (Å²) in [7, 11) is -0.310. The van der Waals surface area contributed by atoms with Gasteiger partial charge in [0.1, 0.15) is 0 Å². The first kappa shape index (κ1) is 16.3. The summed E-state index contributed by atoms with van der Waals surface area (Å²) in [5.41, 5.74) is 0. The van der Waals surface area contributed by atoms with Crippen LogP contribution in [0.3, 0.4) is 0 Å². The third-order valence-electron chi connectivity index (χ3n) is 1.74. The third-order valence-corrected chi connectivity index (χ3v) is 1.74. The summed E-state index contributed by atoms with van der Waals surface area (Å²) >= 11 is 0. The normalized spacial score (nSPS) is 18.4. The first-order chi connectivity index (χ1) is 7.25. The van der Waals surface area contributed by atoms with E-state index in [4.69, 9.17) is 0 Å². The van der Waals surface area contributed by atoms with Crippen molar-refractivity contribution in [1.29, 1.82) is 0 Å². The van der Waals surface area contributed by atoms with E-state index in [0.717, 1.165) is 0 Å².